The summed E-state index contributed by atoms with van der Waals surface area (Å²) in [5, 5.41) is 3.05. The van der Waals surface area contributed by atoms with Gasteiger partial charge < -0.3 is 24.3 Å². The second kappa shape index (κ2) is 4.86. The second-order valence-electron chi connectivity index (χ2n) is 6.74. The maximum Gasteiger partial charge on any atom is 0.303 e. The summed E-state index contributed by atoms with van der Waals surface area (Å²) in [6.45, 7) is 1.60. The number of esters is 1. The highest BCUT2D eigenvalue weighted by Crippen LogP contribution is 2.52. The molecule has 1 aromatic rings. The molecule has 7 heteroatoms. The normalized spacial score (nSPS) is 38.1. The standard InChI is InChI=1S/C17H17NO6/c1-7(19)23-16-13(8-2-3-10-11(4-8)22-6-21-10)14-9(5-12(20)18-14)15-17(16)24-15/h2-4,9,13-17H,5-6H2,1H3,(H,18,20)/t9-,13-,14+,15-,16-,17-/m1/s1. The quantitative estimate of drug-likeness (QED) is 0.635. The van der Waals surface area contributed by atoms with Crippen molar-refractivity contribution in [2.75, 3.05) is 6.79 Å². The Hall–Kier alpha value is -2.28. The number of epoxide rings is 1. The van der Waals surface area contributed by atoms with Crippen molar-refractivity contribution in [3.05, 3.63) is 23.8 Å². The summed E-state index contributed by atoms with van der Waals surface area (Å²) in [4.78, 5) is 23.5. The Morgan fingerprint density at radius 1 is 1.25 bits per heavy atom. The molecule has 2 saturated heterocycles. The molecule has 7 nitrogen and oxygen atoms in total. The fraction of sp³-hybridized carbons (Fsp3) is 0.529. The molecule has 0 bridgehead atoms. The van der Waals surface area contributed by atoms with E-state index in [1.54, 1.807) is 0 Å². The van der Waals surface area contributed by atoms with Crippen molar-refractivity contribution in [1.82, 2.24) is 5.32 Å². The van der Waals surface area contributed by atoms with Crippen molar-refractivity contribution in [1.29, 1.82) is 0 Å². The maximum atomic E-state index is 11.9. The summed E-state index contributed by atoms with van der Waals surface area (Å²) in [6.07, 6.45) is -0.103. The molecule has 1 aliphatic carbocycles. The van der Waals surface area contributed by atoms with Crippen LogP contribution in [0.4, 0.5) is 0 Å². The first-order chi connectivity index (χ1) is 11.6. The second-order valence-corrected chi connectivity index (χ2v) is 6.74. The number of hydrogen-bond acceptors (Lipinski definition) is 6. The number of carbonyl (C=O) groups is 2. The minimum atomic E-state index is -0.410. The van der Waals surface area contributed by atoms with Gasteiger partial charge in [0, 0.05) is 31.2 Å². The van der Waals surface area contributed by atoms with Gasteiger partial charge in [-0.1, -0.05) is 6.07 Å². The van der Waals surface area contributed by atoms with Crippen LogP contribution in [0.1, 0.15) is 24.8 Å². The predicted octanol–water partition coefficient (Wildman–Crippen LogP) is 0.716. The Morgan fingerprint density at radius 3 is 2.92 bits per heavy atom. The molecular weight excluding hydrogens is 314 g/mol. The molecule has 24 heavy (non-hydrogen) atoms. The number of rotatable bonds is 2. The first-order valence-corrected chi connectivity index (χ1v) is 8.13. The van der Waals surface area contributed by atoms with Crippen LogP contribution < -0.4 is 14.8 Å². The van der Waals surface area contributed by atoms with Crippen LogP contribution in [0.3, 0.4) is 0 Å². The van der Waals surface area contributed by atoms with Gasteiger partial charge in [-0.2, -0.15) is 0 Å². The van der Waals surface area contributed by atoms with E-state index in [1.807, 2.05) is 18.2 Å². The van der Waals surface area contributed by atoms with E-state index in [0.717, 1.165) is 5.56 Å². The number of carbonyl (C=O) groups excluding carboxylic acids is 2. The molecule has 3 aliphatic heterocycles. The molecule has 0 spiro atoms. The summed E-state index contributed by atoms with van der Waals surface area (Å²) in [7, 11) is 0. The number of ether oxygens (including phenoxy) is 4. The molecular formula is C17H17NO6. The Kier molecular flexibility index (Phi) is 2.85. The lowest BCUT2D eigenvalue weighted by Gasteiger charge is -2.36. The first kappa shape index (κ1) is 14.1. The van der Waals surface area contributed by atoms with Crippen molar-refractivity contribution < 1.29 is 28.5 Å². The van der Waals surface area contributed by atoms with Gasteiger partial charge in [-0.3, -0.25) is 9.59 Å². The van der Waals surface area contributed by atoms with E-state index < -0.39 is 6.10 Å². The van der Waals surface area contributed by atoms with Gasteiger partial charge in [0.05, 0.1) is 6.10 Å². The maximum absolute atomic E-state index is 11.9. The fourth-order valence-electron chi connectivity index (χ4n) is 4.37. The molecule has 1 amide bonds. The van der Waals surface area contributed by atoms with E-state index in [1.165, 1.54) is 6.92 Å². The number of fused-ring (bicyclic) bond motifs is 4. The summed E-state index contributed by atoms with van der Waals surface area (Å²) < 4.78 is 22.2. The zero-order chi connectivity index (χ0) is 16.4. The molecule has 0 radical (unpaired) electrons. The van der Waals surface area contributed by atoms with Crippen molar-refractivity contribution in [3.63, 3.8) is 0 Å². The Morgan fingerprint density at radius 2 is 2.08 bits per heavy atom. The monoisotopic (exact) mass is 331 g/mol. The molecule has 3 heterocycles. The van der Waals surface area contributed by atoms with E-state index in [9.17, 15) is 9.59 Å². The van der Waals surface area contributed by atoms with Crippen LogP contribution >= 0.6 is 0 Å². The number of hydrogen-bond donors (Lipinski definition) is 1. The van der Waals surface area contributed by atoms with E-state index in [0.29, 0.717) is 17.9 Å². The Labute approximate surface area is 138 Å². The van der Waals surface area contributed by atoms with Crippen molar-refractivity contribution >= 4 is 11.9 Å². The Balaban J connectivity index is 1.56. The number of nitrogens with one attached hydrogen (secondary N) is 1. The molecule has 1 N–H and O–H groups in total. The van der Waals surface area contributed by atoms with E-state index in [2.05, 4.69) is 5.32 Å². The van der Waals surface area contributed by atoms with Crippen molar-refractivity contribution in [2.24, 2.45) is 5.92 Å². The van der Waals surface area contributed by atoms with Crippen molar-refractivity contribution in [2.45, 2.75) is 43.6 Å². The zero-order valence-corrected chi connectivity index (χ0v) is 13.1. The van der Waals surface area contributed by atoms with Gasteiger partial charge in [0.25, 0.3) is 0 Å². The van der Waals surface area contributed by atoms with Gasteiger partial charge in [0.2, 0.25) is 12.7 Å². The summed E-state index contributed by atoms with van der Waals surface area (Å²) in [5.41, 5.74) is 0.955. The molecule has 3 fully saturated rings. The third-order valence-corrected chi connectivity index (χ3v) is 5.34. The summed E-state index contributed by atoms with van der Waals surface area (Å²) in [5.74, 6) is 1.00. The average molecular weight is 331 g/mol. The summed E-state index contributed by atoms with van der Waals surface area (Å²) in [6, 6.07) is 5.60. The lowest BCUT2D eigenvalue weighted by atomic mass is 9.72. The summed E-state index contributed by atoms with van der Waals surface area (Å²) >= 11 is 0. The van der Waals surface area contributed by atoms with E-state index in [4.69, 9.17) is 18.9 Å². The van der Waals surface area contributed by atoms with Crippen LogP contribution in [-0.4, -0.2) is 43.0 Å². The van der Waals surface area contributed by atoms with Crippen LogP contribution in [0.5, 0.6) is 11.5 Å². The van der Waals surface area contributed by atoms with Gasteiger partial charge in [-0.25, -0.2) is 0 Å². The van der Waals surface area contributed by atoms with Crippen LogP contribution in [0.25, 0.3) is 0 Å². The van der Waals surface area contributed by atoms with Gasteiger partial charge >= 0.3 is 5.97 Å². The van der Waals surface area contributed by atoms with Crippen LogP contribution in [0.15, 0.2) is 18.2 Å². The lowest BCUT2D eigenvalue weighted by molar-refractivity contribution is -0.149. The molecule has 1 saturated carbocycles. The largest absolute Gasteiger partial charge is 0.459 e. The van der Waals surface area contributed by atoms with Gasteiger partial charge in [0.15, 0.2) is 11.5 Å². The lowest BCUT2D eigenvalue weighted by Crippen LogP contribution is -2.49. The molecule has 0 unspecified atom stereocenters. The minimum Gasteiger partial charge on any atom is -0.459 e. The first-order valence-electron chi connectivity index (χ1n) is 8.13. The van der Waals surface area contributed by atoms with Crippen LogP contribution in [-0.2, 0) is 19.1 Å². The minimum absolute atomic E-state index is 0.0106. The van der Waals surface area contributed by atoms with Crippen molar-refractivity contribution in [3.8, 4) is 11.5 Å². The third kappa shape index (κ3) is 2.00. The highest BCUT2D eigenvalue weighted by molar-refractivity contribution is 5.80. The highest BCUT2D eigenvalue weighted by atomic mass is 16.7. The molecule has 0 aromatic heterocycles. The van der Waals surface area contributed by atoms with Gasteiger partial charge in [0.1, 0.15) is 12.2 Å². The average Bonchev–Trinajstić information content (AvgIpc) is 3.03. The predicted molar refractivity (Wildman–Crippen MR) is 79.6 cm³/mol. The molecule has 5 rings (SSSR count). The number of benzene rings is 1. The molecule has 4 aliphatic rings. The Bertz CT molecular complexity index is 734. The van der Waals surface area contributed by atoms with Crippen LogP contribution in [0.2, 0.25) is 0 Å². The van der Waals surface area contributed by atoms with Gasteiger partial charge in [-0.05, 0) is 17.7 Å². The number of amides is 1. The molecule has 126 valence electrons. The zero-order valence-electron chi connectivity index (χ0n) is 13.1. The fourth-order valence-corrected chi connectivity index (χ4v) is 4.37. The smallest absolute Gasteiger partial charge is 0.303 e. The van der Waals surface area contributed by atoms with Crippen LogP contribution in [0, 0.1) is 5.92 Å². The molecule has 6 atom stereocenters. The van der Waals surface area contributed by atoms with Gasteiger partial charge in [-0.15, -0.1) is 0 Å². The van der Waals surface area contributed by atoms with E-state index in [-0.39, 0.29) is 48.8 Å². The SMILES string of the molecule is CC(=O)O[C@H]1[C@@H]2O[C@@H]2[C@@H]2CC(=O)N[C@@H]2[C@H]1c1ccc2c(c1)OCO2. The topological polar surface area (TPSA) is 86.4 Å². The van der Waals surface area contributed by atoms with E-state index >= 15 is 0 Å². The third-order valence-electron chi connectivity index (χ3n) is 5.34. The highest BCUT2D eigenvalue weighted by Gasteiger charge is 2.64. The molecule has 1 aromatic carbocycles.